The molecule has 0 atom stereocenters. The van der Waals surface area contributed by atoms with E-state index < -0.39 is 20.4 Å². The Hall–Kier alpha value is -1.01. The highest BCUT2D eigenvalue weighted by Gasteiger charge is 2.31. The van der Waals surface area contributed by atoms with Crippen molar-refractivity contribution in [1.82, 2.24) is 0 Å². The van der Waals surface area contributed by atoms with Crippen LogP contribution in [0.15, 0.2) is 11.1 Å². The van der Waals surface area contributed by atoms with E-state index in [4.69, 9.17) is 9.79 Å². The third kappa shape index (κ3) is 4.34. The molecule has 2 N–H and O–H groups in total. The van der Waals surface area contributed by atoms with E-state index in [2.05, 4.69) is 9.26 Å². The summed E-state index contributed by atoms with van der Waals surface area (Å²) in [6.45, 7) is 1.27. The van der Waals surface area contributed by atoms with Gasteiger partial charge in [0, 0.05) is 12.0 Å². The van der Waals surface area contributed by atoms with E-state index in [-0.39, 0.29) is 30.0 Å². The van der Waals surface area contributed by atoms with Crippen molar-refractivity contribution in [2.24, 2.45) is 0 Å². The minimum Gasteiger partial charge on any atom is -0.457 e. The quantitative estimate of drug-likeness (QED) is 0.401. The second-order valence-electron chi connectivity index (χ2n) is 3.85. The molecular formula is C10H15O7P. The molecule has 0 saturated carbocycles. The lowest BCUT2D eigenvalue weighted by atomic mass is 10.0. The fraction of sp³-hybridized carbons (Fsp3) is 0.600. The van der Waals surface area contributed by atoms with E-state index in [1.807, 2.05) is 6.92 Å². The SMILES string of the molecule is CCCCC(=O)C1=C(COP(=O)(O)O)COC1=O. The van der Waals surface area contributed by atoms with Crippen LogP contribution < -0.4 is 0 Å². The number of carbonyl (C=O) groups excluding carboxylic acids is 2. The maximum atomic E-state index is 11.7. The maximum Gasteiger partial charge on any atom is 0.469 e. The van der Waals surface area contributed by atoms with Gasteiger partial charge in [-0.25, -0.2) is 9.36 Å². The molecule has 0 aliphatic carbocycles. The fourth-order valence-electron chi connectivity index (χ4n) is 1.49. The smallest absolute Gasteiger partial charge is 0.457 e. The van der Waals surface area contributed by atoms with Crippen LogP contribution in [0.5, 0.6) is 0 Å². The first kappa shape index (κ1) is 15.0. The molecule has 8 heteroatoms. The van der Waals surface area contributed by atoms with Gasteiger partial charge in [0.1, 0.15) is 12.2 Å². The molecule has 1 rings (SSSR count). The van der Waals surface area contributed by atoms with Crippen LogP contribution in [0.1, 0.15) is 26.2 Å². The van der Waals surface area contributed by atoms with Gasteiger partial charge in [-0.2, -0.15) is 0 Å². The number of hydrogen-bond acceptors (Lipinski definition) is 5. The Labute approximate surface area is 104 Å². The molecule has 0 radical (unpaired) electrons. The van der Waals surface area contributed by atoms with Crippen LogP contribution in [-0.4, -0.2) is 34.8 Å². The molecule has 1 aliphatic rings. The van der Waals surface area contributed by atoms with Crippen molar-refractivity contribution in [3.05, 3.63) is 11.1 Å². The number of carbonyl (C=O) groups is 2. The molecule has 1 aliphatic heterocycles. The summed E-state index contributed by atoms with van der Waals surface area (Å²) in [5.41, 5.74) is 0.0568. The van der Waals surface area contributed by atoms with Gasteiger partial charge in [0.05, 0.1) is 6.61 Å². The van der Waals surface area contributed by atoms with E-state index >= 15 is 0 Å². The number of hydrogen-bond donors (Lipinski definition) is 2. The standard InChI is InChI=1S/C10H15O7P/c1-2-3-4-8(11)9-7(5-16-10(9)12)6-17-18(13,14)15/h2-6H2,1H3,(H2,13,14,15). The number of Topliss-reactive ketones (excluding diaryl/α,β-unsaturated/α-hetero) is 1. The normalized spacial score (nSPS) is 16.1. The third-order valence-electron chi connectivity index (χ3n) is 2.38. The number of ether oxygens (including phenoxy) is 1. The first-order chi connectivity index (χ1) is 8.35. The minimum atomic E-state index is -4.63. The lowest BCUT2D eigenvalue weighted by Crippen LogP contribution is -2.12. The zero-order valence-corrected chi connectivity index (χ0v) is 10.8. The van der Waals surface area contributed by atoms with Crippen molar-refractivity contribution in [3.63, 3.8) is 0 Å². The average Bonchev–Trinajstić information content (AvgIpc) is 2.64. The first-order valence-corrected chi connectivity index (χ1v) is 7.00. The van der Waals surface area contributed by atoms with Gasteiger partial charge in [-0.05, 0) is 6.42 Å². The van der Waals surface area contributed by atoms with Gasteiger partial charge in [-0.3, -0.25) is 9.32 Å². The molecule has 0 amide bonds. The number of ketones is 1. The Morgan fingerprint density at radius 1 is 1.50 bits per heavy atom. The van der Waals surface area contributed by atoms with E-state index in [0.29, 0.717) is 6.42 Å². The van der Waals surface area contributed by atoms with Crippen LogP contribution in [0.3, 0.4) is 0 Å². The highest BCUT2D eigenvalue weighted by atomic mass is 31.2. The molecule has 0 unspecified atom stereocenters. The summed E-state index contributed by atoms with van der Waals surface area (Å²) in [5, 5.41) is 0. The molecule has 1 heterocycles. The van der Waals surface area contributed by atoms with Crippen LogP contribution in [0, 0.1) is 0 Å². The fourth-order valence-corrected chi connectivity index (χ4v) is 1.81. The molecule has 0 spiro atoms. The van der Waals surface area contributed by atoms with Gasteiger partial charge in [0.15, 0.2) is 5.78 Å². The van der Waals surface area contributed by atoms with Gasteiger partial charge in [-0.15, -0.1) is 0 Å². The molecule has 18 heavy (non-hydrogen) atoms. The number of phosphoric acid groups is 1. The van der Waals surface area contributed by atoms with E-state index in [1.165, 1.54) is 0 Å². The molecule has 0 aromatic carbocycles. The predicted molar refractivity (Wildman–Crippen MR) is 60.5 cm³/mol. The predicted octanol–water partition coefficient (Wildman–Crippen LogP) is 0.708. The second-order valence-corrected chi connectivity index (χ2v) is 5.08. The van der Waals surface area contributed by atoms with Crippen LogP contribution in [-0.2, 0) is 23.4 Å². The third-order valence-corrected chi connectivity index (χ3v) is 2.84. The number of unbranched alkanes of at least 4 members (excludes halogenated alkanes) is 1. The topological polar surface area (TPSA) is 110 Å². The number of phosphoric ester groups is 1. The van der Waals surface area contributed by atoms with Crippen LogP contribution in [0.25, 0.3) is 0 Å². The molecular weight excluding hydrogens is 263 g/mol. The maximum absolute atomic E-state index is 11.7. The second kappa shape index (κ2) is 6.24. The molecule has 7 nitrogen and oxygen atoms in total. The summed E-state index contributed by atoms with van der Waals surface area (Å²) in [6, 6.07) is 0. The van der Waals surface area contributed by atoms with Crippen LogP contribution in [0.4, 0.5) is 0 Å². The first-order valence-electron chi connectivity index (χ1n) is 5.47. The number of cyclic esters (lactones) is 1. The number of rotatable bonds is 7. The van der Waals surface area contributed by atoms with Crippen LogP contribution >= 0.6 is 7.82 Å². The summed E-state index contributed by atoms with van der Waals surface area (Å²) in [5.74, 6) is -1.12. The van der Waals surface area contributed by atoms with Gasteiger partial charge in [0.25, 0.3) is 0 Å². The summed E-state index contributed by atoms with van der Waals surface area (Å²) in [6.07, 6.45) is 1.66. The Morgan fingerprint density at radius 3 is 2.72 bits per heavy atom. The van der Waals surface area contributed by atoms with Gasteiger partial charge >= 0.3 is 13.8 Å². The van der Waals surface area contributed by atoms with Crippen molar-refractivity contribution in [2.75, 3.05) is 13.2 Å². The van der Waals surface area contributed by atoms with Crippen molar-refractivity contribution < 1.29 is 33.2 Å². The molecule has 0 saturated heterocycles. The molecule has 102 valence electrons. The zero-order chi connectivity index (χ0) is 13.8. The van der Waals surface area contributed by atoms with Crippen molar-refractivity contribution >= 4 is 19.6 Å². The van der Waals surface area contributed by atoms with Crippen LogP contribution in [0.2, 0.25) is 0 Å². The Morgan fingerprint density at radius 2 is 2.17 bits per heavy atom. The molecule has 0 fully saturated rings. The monoisotopic (exact) mass is 278 g/mol. The highest BCUT2D eigenvalue weighted by Crippen LogP contribution is 2.37. The summed E-state index contributed by atoms with van der Waals surface area (Å²) < 4.78 is 19.5. The van der Waals surface area contributed by atoms with Gasteiger partial charge < -0.3 is 14.5 Å². The molecule has 0 bridgehead atoms. The largest absolute Gasteiger partial charge is 0.469 e. The lowest BCUT2D eigenvalue weighted by Gasteiger charge is -2.05. The summed E-state index contributed by atoms with van der Waals surface area (Å²) in [7, 11) is -4.63. The Balaban J connectivity index is 2.76. The highest BCUT2D eigenvalue weighted by molar-refractivity contribution is 7.46. The molecule has 0 aromatic rings. The van der Waals surface area contributed by atoms with Gasteiger partial charge in [0.2, 0.25) is 0 Å². The van der Waals surface area contributed by atoms with E-state index in [0.717, 1.165) is 6.42 Å². The zero-order valence-electron chi connectivity index (χ0n) is 9.92. The van der Waals surface area contributed by atoms with Crippen molar-refractivity contribution in [2.45, 2.75) is 26.2 Å². The van der Waals surface area contributed by atoms with Gasteiger partial charge in [-0.1, -0.05) is 13.3 Å². The van der Waals surface area contributed by atoms with Crippen molar-refractivity contribution in [1.29, 1.82) is 0 Å². The van der Waals surface area contributed by atoms with Crippen molar-refractivity contribution in [3.8, 4) is 0 Å². The average molecular weight is 278 g/mol. The summed E-state index contributed by atoms with van der Waals surface area (Å²) >= 11 is 0. The molecule has 0 aromatic heterocycles. The minimum absolute atomic E-state index is 0.128. The Kier molecular flexibility index (Phi) is 5.22. The number of esters is 1. The summed E-state index contributed by atoms with van der Waals surface area (Å²) in [4.78, 5) is 40.2. The van der Waals surface area contributed by atoms with E-state index in [9.17, 15) is 14.2 Å². The lowest BCUT2D eigenvalue weighted by molar-refractivity contribution is -0.137. The Bertz CT molecular complexity index is 420. The van der Waals surface area contributed by atoms with E-state index in [1.54, 1.807) is 0 Å².